The zero-order valence-electron chi connectivity index (χ0n) is 16.4. The van der Waals surface area contributed by atoms with Crippen molar-refractivity contribution >= 4 is 51.1 Å². The van der Waals surface area contributed by atoms with Crippen molar-refractivity contribution in [1.82, 2.24) is 5.43 Å². The molecule has 7 nitrogen and oxygen atoms in total. The summed E-state index contributed by atoms with van der Waals surface area (Å²) in [6.45, 7) is 6.06. The van der Waals surface area contributed by atoms with Crippen molar-refractivity contribution in [2.45, 2.75) is 20.8 Å². The molecule has 0 heterocycles. The van der Waals surface area contributed by atoms with Crippen molar-refractivity contribution in [2.75, 3.05) is 18.5 Å². The number of hydrazone groups is 1. The Labute approximate surface area is 183 Å². The maximum atomic E-state index is 11.0. The Balaban J connectivity index is 2.09. The number of aryl methyl sites for hydroxylation is 2. The van der Waals surface area contributed by atoms with Gasteiger partial charge in [-0.2, -0.15) is 5.10 Å². The molecule has 29 heavy (non-hydrogen) atoms. The van der Waals surface area contributed by atoms with Crippen LogP contribution in [0.4, 0.5) is 5.69 Å². The van der Waals surface area contributed by atoms with E-state index in [0.717, 1.165) is 22.4 Å². The predicted octanol–water partition coefficient (Wildman–Crippen LogP) is 3.65. The van der Waals surface area contributed by atoms with Crippen LogP contribution in [0, 0.1) is 13.8 Å². The molecular formula is C20H23BrN4O3S. The highest BCUT2D eigenvalue weighted by molar-refractivity contribution is 9.10. The van der Waals surface area contributed by atoms with Crippen LogP contribution in [0.15, 0.2) is 39.9 Å². The quantitative estimate of drug-likeness (QED) is 0.304. The van der Waals surface area contributed by atoms with Gasteiger partial charge in [0, 0.05) is 5.69 Å². The number of thiocarbonyl (C=S) groups is 1. The van der Waals surface area contributed by atoms with Gasteiger partial charge in [0.15, 0.2) is 23.2 Å². The van der Waals surface area contributed by atoms with E-state index in [1.165, 1.54) is 0 Å². The van der Waals surface area contributed by atoms with E-state index in [0.29, 0.717) is 27.7 Å². The zero-order chi connectivity index (χ0) is 21.4. The number of anilines is 1. The minimum atomic E-state index is -0.570. The molecule has 0 radical (unpaired) electrons. The second-order valence-electron chi connectivity index (χ2n) is 6.11. The Morgan fingerprint density at radius 1 is 1.28 bits per heavy atom. The molecule has 1 amide bonds. The molecule has 0 unspecified atom stereocenters. The van der Waals surface area contributed by atoms with Crippen LogP contribution in [-0.4, -0.2) is 30.4 Å². The lowest BCUT2D eigenvalue weighted by atomic mass is 10.1. The molecule has 0 aliphatic carbocycles. The number of nitrogens with one attached hydrogen (secondary N) is 2. The van der Waals surface area contributed by atoms with Gasteiger partial charge in [-0.3, -0.25) is 10.2 Å². The van der Waals surface area contributed by atoms with Gasteiger partial charge in [0.25, 0.3) is 5.91 Å². The molecule has 0 bridgehead atoms. The highest BCUT2D eigenvalue weighted by Crippen LogP contribution is 2.36. The Kier molecular flexibility index (Phi) is 8.41. The molecule has 0 spiro atoms. The van der Waals surface area contributed by atoms with E-state index < -0.39 is 5.91 Å². The second kappa shape index (κ2) is 10.8. The summed E-state index contributed by atoms with van der Waals surface area (Å²) >= 11 is 8.73. The number of nitrogens with two attached hydrogens (primary N) is 1. The van der Waals surface area contributed by atoms with Crippen LogP contribution in [0.1, 0.15) is 23.6 Å². The third-order valence-electron chi connectivity index (χ3n) is 3.79. The largest absolute Gasteiger partial charge is 0.490 e. The van der Waals surface area contributed by atoms with E-state index in [1.54, 1.807) is 18.3 Å². The number of primary amides is 1. The smallest absolute Gasteiger partial charge is 0.255 e. The van der Waals surface area contributed by atoms with Crippen LogP contribution in [0.3, 0.4) is 0 Å². The van der Waals surface area contributed by atoms with Crippen molar-refractivity contribution < 1.29 is 14.3 Å². The number of halogens is 1. The maximum Gasteiger partial charge on any atom is 0.255 e. The predicted molar refractivity (Wildman–Crippen MR) is 123 cm³/mol. The minimum Gasteiger partial charge on any atom is -0.490 e. The summed E-state index contributed by atoms with van der Waals surface area (Å²) in [4.78, 5) is 11.0. The lowest BCUT2D eigenvalue weighted by molar-refractivity contribution is -0.119. The molecule has 0 saturated heterocycles. The van der Waals surface area contributed by atoms with Gasteiger partial charge in [-0.05, 0) is 77.7 Å². The molecule has 0 saturated carbocycles. The number of hydrogen-bond acceptors (Lipinski definition) is 5. The number of carbonyl (C=O) groups is 1. The zero-order valence-corrected chi connectivity index (χ0v) is 18.8. The van der Waals surface area contributed by atoms with E-state index in [9.17, 15) is 4.79 Å². The fourth-order valence-electron chi connectivity index (χ4n) is 2.53. The Morgan fingerprint density at radius 2 is 1.97 bits per heavy atom. The topological polar surface area (TPSA) is 98.0 Å². The summed E-state index contributed by atoms with van der Waals surface area (Å²) in [5.41, 5.74) is 11.8. The van der Waals surface area contributed by atoms with E-state index in [4.69, 9.17) is 27.4 Å². The van der Waals surface area contributed by atoms with Crippen molar-refractivity contribution in [3.8, 4) is 11.5 Å². The molecule has 0 aromatic heterocycles. The number of carbonyl (C=O) groups excluding carboxylic acids is 1. The SMILES string of the molecule is CCOc1cc(C=NNC(=S)Nc2c(C)cccc2C)cc(Br)c1OCC(N)=O. The first-order chi connectivity index (χ1) is 13.8. The Hall–Kier alpha value is -2.65. The maximum absolute atomic E-state index is 11.0. The molecule has 2 aromatic rings. The summed E-state index contributed by atoms with van der Waals surface area (Å²) in [5.74, 6) is 0.308. The molecule has 2 rings (SSSR count). The molecule has 0 aliphatic rings. The number of ether oxygens (including phenoxy) is 2. The first-order valence-corrected chi connectivity index (χ1v) is 10.1. The van der Waals surface area contributed by atoms with Crippen LogP contribution in [0.5, 0.6) is 11.5 Å². The van der Waals surface area contributed by atoms with Gasteiger partial charge in [0.05, 0.1) is 17.3 Å². The minimum absolute atomic E-state index is 0.244. The van der Waals surface area contributed by atoms with Gasteiger partial charge >= 0.3 is 0 Å². The van der Waals surface area contributed by atoms with Crippen molar-refractivity contribution in [2.24, 2.45) is 10.8 Å². The van der Waals surface area contributed by atoms with Gasteiger partial charge in [0.1, 0.15) is 0 Å². The van der Waals surface area contributed by atoms with Crippen molar-refractivity contribution in [3.05, 3.63) is 51.5 Å². The molecule has 9 heteroatoms. The van der Waals surface area contributed by atoms with Crippen LogP contribution in [0.25, 0.3) is 0 Å². The molecule has 0 fully saturated rings. The van der Waals surface area contributed by atoms with Gasteiger partial charge in [-0.25, -0.2) is 0 Å². The lowest BCUT2D eigenvalue weighted by Gasteiger charge is -2.14. The van der Waals surface area contributed by atoms with Crippen LogP contribution in [-0.2, 0) is 4.79 Å². The first kappa shape index (κ1) is 22.6. The Morgan fingerprint density at radius 3 is 2.59 bits per heavy atom. The summed E-state index contributed by atoms with van der Waals surface area (Å²) in [6, 6.07) is 9.55. The lowest BCUT2D eigenvalue weighted by Crippen LogP contribution is -2.24. The van der Waals surface area contributed by atoms with Gasteiger partial charge in [-0.15, -0.1) is 0 Å². The Bertz CT molecular complexity index is 914. The summed E-state index contributed by atoms with van der Waals surface area (Å²) in [5, 5.41) is 7.71. The molecule has 4 N–H and O–H groups in total. The number of hydrogen-bond donors (Lipinski definition) is 3. The van der Waals surface area contributed by atoms with E-state index in [2.05, 4.69) is 31.8 Å². The van der Waals surface area contributed by atoms with E-state index >= 15 is 0 Å². The van der Waals surface area contributed by atoms with Crippen LogP contribution >= 0.6 is 28.1 Å². The molecule has 2 aromatic carbocycles. The average molecular weight is 479 g/mol. The normalized spacial score (nSPS) is 10.6. The van der Waals surface area contributed by atoms with Gasteiger partial charge in [-0.1, -0.05) is 18.2 Å². The number of para-hydroxylation sites is 1. The van der Waals surface area contributed by atoms with Crippen molar-refractivity contribution in [1.29, 1.82) is 0 Å². The van der Waals surface area contributed by atoms with Crippen LogP contribution < -0.4 is 25.9 Å². The number of rotatable bonds is 8. The average Bonchev–Trinajstić information content (AvgIpc) is 2.64. The van der Waals surface area contributed by atoms with E-state index in [1.807, 2.05) is 39.0 Å². The fourth-order valence-corrected chi connectivity index (χ4v) is 3.26. The van der Waals surface area contributed by atoms with Crippen molar-refractivity contribution in [3.63, 3.8) is 0 Å². The first-order valence-electron chi connectivity index (χ1n) is 8.85. The number of amides is 1. The summed E-state index contributed by atoms with van der Waals surface area (Å²) < 4.78 is 11.6. The molecule has 154 valence electrons. The highest BCUT2D eigenvalue weighted by atomic mass is 79.9. The summed E-state index contributed by atoms with van der Waals surface area (Å²) in [6.07, 6.45) is 1.60. The number of benzene rings is 2. The third kappa shape index (κ3) is 6.72. The highest BCUT2D eigenvalue weighted by Gasteiger charge is 2.13. The third-order valence-corrected chi connectivity index (χ3v) is 4.57. The molecule has 0 atom stereocenters. The second-order valence-corrected chi connectivity index (χ2v) is 7.37. The fraction of sp³-hybridized carbons (Fsp3) is 0.250. The van der Waals surface area contributed by atoms with E-state index in [-0.39, 0.29) is 6.61 Å². The summed E-state index contributed by atoms with van der Waals surface area (Å²) in [7, 11) is 0. The number of nitrogens with zero attached hydrogens (tertiary/aromatic N) is 1. The van der Waals surface area contributed by atoms with Gasteiger partial charge in [0.2, 0.25) is 0 Å². The molecule has 0 aliphatic heterocycles. The van der Waals surface area contributed by atoms with Gasteiger partial charge < -0.3 is 20.5 Å². The molecular weight excluding hydrogens is 456 g/mol. The van der Waals surface area contributed by atoms with Crippen LogP contribution in [0.2, 0.25) is 0 Å². The monoisotopic (exact) mass is 478 g/mol. The standard InChI is InChI=1S/C20H23BrN4O3S/c1-4-27-16-9-14(8-15(21)19(16)28-11-17(22)26)10-23-25-20(29)24-18-12(2)6-5-7-13(18)3/h5-10H,4,11H2,1-3H3,(H2,22,26)(H2,24,25,29).